The normalized spacial score (nSPS) is 11.9. The molecule has 2 rings (SSSR count). The number of nitrogens with zero attached hydrogens (tertiary/aromatic N) is 1. The van der Waals surface area contributed by atoms with Gasteiger partial charge in [0.2, 0.25) is 10.0 Å². The van der Waals surface area contributed by atoms with Crippen molar-refractivity contribution in [2.75, 3.05) is 5.32 Å². The van der Waals surface area contributed by atoms with E-state index in [1.54, 1.807) is 0 Å². The summed E-state index contributed by atoms with van der Waals surface area (Å²) >= 11 is 0. The van der Waals surface area contributed by atoms with Gasteiger partial charge in [-0.25, -0.2) is 13.6 Å². The molecule has 2 aromatic carbocycles. The number of nitro groups is 1. The highest BCUT2D eigenvalue weighted by Gasteiger charge is 2.18. The van der Waals surface area contributed by atoms with E-state index in [4.69, 9.17) is 9.88 Å². The molecule has 0 aromatic heterocycles. The van der Waals surface area contributed by atoms with Crippen LogP contribution in [0, 0.1) is 17.0 Å². The van der Waals surface area contributed by atoms with Gasteiger partial charge >= 0.3 is 0 Å². The van der Waals surface area contributed by atoms with E-state index < -0.39 is 20.5 Å². The molecule has 0 aliphatic carbocycles. The monoisotopic (exact) mass is 393 g/mol. The van der Waals surface area contributed by atoms with E-state index in [2.05, 4.69) is 5.32 Å². The summed E-state index contributed by atoms with van der Waals surface area (Å²) in [7, 11) is -4.07. The fourth-order valence-corrected chi connectivity index (χ4v) is 2.96. The largest absolute Gasteiger partial charge is 0.488 e. The molecule has 146 valence electrons. The standard InChI is InChI=1S/C18H23N3O5S/c1-12-5-6-13(17(7-12)26-18(2,3)4)11-20-14-8-15(21(22)23)10-16(9-14)27(19,24)25/h5-10,20H,11H2,1-4H3,(H2,19,24,25). The number of nitro benzene ring substituents is 1. The average Bonchev–Trinajstić information content (AvgIpc) is 2.51. The number of nitrogens with one attached hydrogen (secondary N) is 1. The van der Waals surface area contributed by atoms with Crippen molar-refractivity contribution < 1.29 is 18.1 Å². The Morgan fingerprint density at radius 2 is 1.85 bits per heavy atom. The van der Waals surface area contributed by atoms with Gasteiger partial charge in [0.05, 0.1) is 9.82 Å². The molecular weight excluding hydrogens is 370 g/mol. The third kappa shape index (κ3) is 5.93. The summed E-state index contributed by atoms with van der Waals surface area (Å²) in [5.41, 5.74) is 1.38. The van der Waals surface area contributed by atoms with Crippen molar-refractivity contribution in [2.24, 2.45) is 5.14 Å². The van der Waals surface area contributed by atoms with Gasteiger partial charge in [0.1, 0.15) is 11.4 Å². The Labute approximate surface area is 158 Å². The van der Waals surface area contributed by atoms with Gasteiger partial charge in [-0.15, -0.1) is 0 Å². The lowest BCUT2D eigenvalue weighted by Crippen LogP contribution is -2.24. The Morgan fingerprint density at radius 3 is 2.41 bits per heavy atom. The van der Waals surface area contributed by atoms with E-state index in [1.807, 2.05) is 45.9 Å². The smallest absolute Gasteiger partial charge is 0.272 e. The number of benzene rings is 2. The molecule has 0 saturated heterocycles. The molecule has 0 unspecified atom stereocenters. The second-order valence-corrected chi connectivity index (χ2v) is 8.76. The minimum Gasteiger partial charge on any atom is -0.488 e. The average molecular weight is 393 g/mol. The van der Waals surface area contributed by atoms with Gasteiger partial charge < -0.3 is 10.1 Å². The molecule has 0 atom stereocenters. The first-order valence-electron chi connectivity index (χ1n) is 8.20. The molecule has 2 aromatic rings. The Morgan fingerprint density at radius 1 is 1.19 bits per heavy atom. The fourth-order valence-electron chi connectivity index (χ4n) is 2.39. The van der Waals surface area contributed by atoms with Gasteiger partial charge in [0, 0.05) is 29.9 Å². The first-order valence-corrected chi connectivity index (χ1v) is 9.74. The van der Waals surface area contributed by atoms with Crippen molar-refractivity contribution in [1.29, 1.82) is 0 Å². The summed E-state index contributed by atoms with van der Waals surface area (Å²) in [4.78, 5) is 10.1. The number of anilines is 1. The molecule has 8 nitrogen and oxygen atoms in total. The van der Waals surface area contributed by atoms with Crippen LogP contribution in [-0.2, 0) is 16.6 Å². The lowest BCUT2D eigenvalue weighted by molar-refractivity contribution is -0.385. The van der Waals surface area contributed by atoms with Crippen LogP contribution >= 0.6 is 0 Å². The highest BCUT2D eigenvalue weighted by atomic mass is 32.2. The number of sulfonamides is 1. The Balaban J connectivity index is 2.34. The third-order valence-electron chi connectivity index (χ3n) is 3.55. The number of non-ortho nitro benzene ring substituents is 1. The van der Waals surface area contributed by atoms with Crippen molar-refractivity contribution in [2.45, 2.75) is 44.7 Å². The van der Waals surface area contributed by atoms with Gasteiger partial charge in [0.15, 0.2) is 0 Å². The van der Waals surface area contributed by atoms with Gasteiger partial charge in [0.25, 0.3) is 5.69 Å². The van der Waals surface area contributed by atoms with Crippen LogP contribution in [0.25, 0.3) is 0 Å². The molecule has 0 saturated carbocycles. The molecule has 0 heterocycles. The highest BCUT2D eigenvalue weighted by Crippen LogP contribution is 2.27. The van der Waals surface area contributed by atoms with Gasteiger partial charge in [-0.1, -0.05) is 12.1 Å². The van der Waals surface area contributed by atoms with Crippen molar-refractivity contribution in [3.63, 3.8) is 0 Å². The SMILES string of the molecule is Cc1ccc(CNc2cc([N+](=O)[O-])cc(S(N)(=O)=O)c2)c(OC(C)(C)C)c1. The first-order chi connectivity index (χ1) is 12.3. The van der Waals surface area contributed by atoms with Crippen LogP contribution < -0.4 is 15.2 Å². The van der Waals surface area contributed by atoms with Crippen LogP contribution in [-0.4, -0.2) is 18.9 Å². The third-order valence-corrected chi connectivity index (χ3v) is 4.45. The fraction of sp³-hybridized carbons (Fsp3) is 0.333. The number of ether oxygens (including phenoxy) is 1. The van der Waals surface area contributed by atoms with E-state index in [0.717, 1.165) is 17.2 Å². The van der Waals surface area contributed by atoms with Crippen LogP contribution in [0.5, 0.6) is 5.75 Å². The Bertz CT molecular complexity index is 965. The number of hydrogen-bond donors (Lipinski definition) is 2. The number of primary sulfonamides is 1. The van der Waals surface area contributed by atoms with E-state index in [-0.39, 0.29) is 22.8 Å². The minimum atomic E-state index is -4.07. The maximum absolute atomic E-state index is 11.6. The topological polar surface area (TPSA) is 125 Å². The number of hydrogen-bond acceptors (Lipinski definition) is 6. The molecule has 3 N–H and O–H groups in total. The van der Waals surface area contributed by atoms with Gasteiger partial charge in [-0.05, 0) is 45.4 Å². The number of rotatable bonds is 6. The number of aryl methyl sites for hydroxylation is 1. The zero-order valence-electron chi connectivity index (χ0n) is 15.6. The van der Waals surface area contributed by atoms with Crippen LogP contribution in [0.4, 0.5) is 11.4 Å². The van der Waals surface area contributed by atoms with Crippen molar-refractivity contribution in [3.8, 4) is 5.75 Å². The van der Waals surface area contributed by atoms with E-state index in [9.17, 15) is 18.5 Å². The molecule has 0 bridgehead atoms. The minimum absolute atomic E-state index is 0.274. The van der Waals surface area contributed by atoms with Crippen molar-refractivity contribution in [1.82, 2.24) is 0 Å². The van der Waals surface area contributed by atoms with Crippen molar-refractivity contribution in [3.05, 3.63) is 57.6 Å². The van der Waals surface area contributed by atoms with Crippen LogP contribution in [0.15, 0.2) is 41.3 Å². The summed E-state index contributed by atoms with van der Waals surface area (Å²) in [6, 6.07) is 9.18. The van der Waals surface area contributed by atoms with Gasteiger partial charge in [-0.2, -0.15) is 0 Å². The predicted octanol–water partition coefficient (Wildman–Crippen LogP) is 3.34. The van der Waals surface area contributed by atoms with E-state index in [1.165, 1.54) is 12.1 Å². The van der Waals surface area contributed by atoms with Gasteiger partial charge in [-0.3, -0.25) is 10.1 Å². The van der Waals surface area contributed by atoms with Crippen LogP contribution in [0.3, 0.4) is 0 Å². The zero-order chi connectivity index (χ0) is 20.4. The maximum Gasteiger partial charge on any atom is 0.272 e. The summed E-state index contributed by atoms with van der Waals surface area (Å²) in [6.45, 7) is 8.05. The zero-order valence-corrected chi connectivity index (χ0v) is 16.5. The quantitative estimate of drug-likeness (QED) is 0.573. The van der Waals surface area contributed by atoms with Crippen LogP contribution in [0.1, 0.15) is 31.9 Å². The summed E-state index contributed by atoms with van der Waals surface area (Å²) in [5.74, 6) is 0.687. The predicted molar refractivity (Wildman–Crippen MR) is 103 cm³/mol. The molecule has 0 spiro atoms. The lowest BCUT2D eigenvalue weighted by atomic mass is 10.1. The second kappa shape index (κ2) is 7.53. The van der Waals surface area contributed by atoms with E-state index >= 15 is 0 Å². The van der Waals surface area contributed by atoms with Crippen LogP contribution in [0.2, 0.25) is 0 Å². The van der Waals surface area contributed by atoms with Crippen molar-refractivity contribution >= 4 is 21.4 Å². The molecule has 0 aliphatic rings. The summed E-state index contributed by atoms with van der Waals surface area (Å²) in [5, 5.41) is 19.2. The molecule has 0 fully saturated rings. The molecule has 27 heavy (non-hydrogen) atoms. The molecule has 9 heteroatoms. The highest BCUT2D eigenvalue weighted by molar-refractivity contribution is 7.89. The molecule has 0 aliphatic heterocycles. The lowest BCUT2D eigenvalue weighted by Gasteiger charge is -2.24. The molecular formula is C18H23N3O5S. The Kier molecular flexibility index (Phi) is 5.76. The van der Waals surface area contributed by atoms with E-state index in [0.29, 0.717) is 5.75 Å². The summed E-state index contributed by atoms with van der Waals surface area (Å²) in [6.07, 6.45) is 0. The molecule has 0 amide bonds. The number of nitrogens with two attached hydrogens (primary N) is 1. The Hall–Kier alpha value is -2.65. The second-order valence-electron chi connectivity index (χ2n) is 7.20. The maximum atomic E-state index is 11.6. The first kappa shape index (κ1) is 20.7. The summed E-state index contributed by atoms with van der Waals surface area (Å²) < 4.78 is 29.2. The molecule has 0 radical (unpaired) electrons.